The molecular weight excluding hydrogens is 214 g/mol. The van der Waals surface area contributed by atoms with Crippen molar-refractivity contribution < 1.29 is 4.79 Å². The lowest BCUT2D eigenvalue weighted by Gasteiger charge is -2.28. The second-order valence-corrected chi connectivity index (χ2v) is 6.43. The normalized spacial score (nSPS) is 21.8. The summed E-state index contributed by atoms with van der Waals surface area (Å²) in [6.07, 6.45) is 1.07. The Morgan fingerprint density at radius 3 is 2.53 bits per heavy atom. The summed E-state index contributed by atoms with van der Waals surface area (Å²) >= 11 is 0. The van der Waals surface area contributed by atoms with Gasteiger partial charge in [-0.25, -0.2) is 4.79 Å². The molecule has 1 heterocycles. The van der Waals surface area contributed by atoms with E-state index < -0.39 is 0 Å². The molecule has 1 fully saturated rings. The smallest absolute Gasteiger partial charge is 0.320 e. The maximum Gasteiger partial charge on any atom is 0.320 e. The van der Waals surface area contributed by atoms with Gasteiger partial charge in [0.25, 0.3) is 0 Å². The van der Waals surface area contributed by atoms with Crippen LogP contribution in [0.15, 0.2) is 0 Å². The number of urea groups is 1. The zero-order valence-corrected chi connectivity index (χ0v) is 11.9. The lowest BCUT2D eigenvalue weighted by molar-refractivity contribution is 0.177. The highest BCUT2D eigenvalue weighted by Gasteiger charge is 2.36. The summed E-state index contributed by atoms with van der Waals surface area (Å²) in [6, 6.07) is 0.508. The van der Waals surface area contributed by atoms with E-state index in [9.17, 15) is 4.79 Å². The molecule has 0 spiro atoms. The second-order valence-electron chi connectivity index (χ2n) is 6.43. The third kappa shape index (κ3) is 3.60. The summed E-state index contributed by atoms with van der Waals surface area (Å²) in [7, 11) is 1.91. The number of hydrogen-bond donors (Lipinski definition) is 1. The van der Waals surface area contributed by atoms with E-state index in [-0.39, 0.29) is 11.4 Å². The molecule has 1 saturated heterocycles. The highest BCUT2D eigenvalue weighted by Crippen LogP contribution is 2.24. The summed E-state index contributed by atoms with van der Waals surface area (Å²) in [5, 5.41) is 0. The maximum absolute atomic E-state index is 12.1. The van der Waals surface area contributed by atoms with Crippen LogP contribution in [-0.2, 0) is 0 Å². The first kappa shape index (κ1) is 14.3. The summed E-state index contributed by atoms with van der Waals surface area (Å²) in [5.74, 6) is 0.623. The van der Waals surface area contributed by atoms with Crippen molar-refractivity contribution in [2.75, 3.05) is 26.7 Å². The van der Waals surface area contributed by atoms with Gasteiger partial charge in [-0.15, -0.1) is 0 Å². The Labute approximate surface area is 105 Å². The molecule has 1 atom stereocenters. The first-order chi connectivity index (χ1) is 7.76. The van der Waals surface area contributed by atoms with Crippen molar-refractivity contribution in [1.82, 2.24) is 9.80 Å². The number of nitrogens with zero attached hydrogens (tertiary/aromatic N) is 2. The van der Waals surface area contributed by atoms with E-state index >= 15 is 0 Å². The Bertz CT molecular complexity index is 276. The highest BCUT2D eigenvalue weighted by molar-refractivity contribution is 5.76. The average Bonchev–Trinajstić information content (AvgIpc) is 2.46. The van der Waals surface area contributed by atoms with E-state index in [1.807, 2.05) is 16.8 Å². The Morgan fingerprint density at radius 2 is 2.06 bits per heavy atom. The molecule has 0 aromatic heterocycles. The molecule has 17 heavy (non-hydrogen) atoms. The molecule has 1 aliphatic heterocycles. The van der Waals surface area contributed by atoms with Crippen LogP contribution in [0, 0.1) is 11.3 Å². The van der Waals surface area contributed by atoms with Crippen LogP contribution in [0.3, 0.4) is 0 Å². The SMILES string of the molecule is CC(C)CC1CN(CC(C)(C)CN)C(=O)N1C. The fourth-order valence-electron chi connectivity index (χ4n) is 2.32. The van der Waals surface area contributed by atoms with Crippen molar-refractivity contribution >= 4 is 6.03 Å². The Kier molecular flexibility index (Phi) is 4.42. The first-order valence-electron chi connectivity index (χ1n) is 6.48. The minimum atomic E-state index is 0.00320. The third-order valence-electron chi connectivity index (χ3n) is 3.47. The van der Waals surface area contributed by atoms with Crippen molar-refractivity contribution in [3.63, 3.8) is 0 Å². The molecule has 0 saturated carbocycles. The zero-order chi connectivity index (χ0) is 13.2. The van der Waals surface area contributed by atoms with Gasteiger partial charge in [-0.2, -0.15) is 0 Å². The van der Waals surface area contributed by atoms with E-state index in [1.165, 1.54) is 0 Å². The van der Waals surface area contributed by atoms with Gasteiger partial charge in [0.15, 0.2) is 0 Å². The third-order valence-corrected chi connectivity index (χ3v) is 3.47. The number of rotatable bonds is 5. The van der Waals surface area contributed by atoms with E-state index in [2.05, 4.69) is 27.7 Å². The van der Waals surface area contributed by atoms with Crippen LogP contribution in [-0.4, -0.2) is 48.6 Å². The van der Waals surface area contributed by atoms with Crippen molar-refractivity contribution in [2.45, 2.75) is 40.2 Å². The second kappa shape index (κ2) is 5.25. The van der Waals surface area contributed by atoms with E-state index in [1.54, 1.807) is 0 Å². The molecule has 2 amide bonds. The number of hydrogen-bond acceptors (Lipinski definition) is 2. The van der Waals surface area contributed by atoms with Crippen LogP contribution >= 0.6 is 0 Å². The molecule has 0 aromatic rings. The van der Waals surface area contributed by atoms with Gasteiger partial charge in [-0.3, -0.25) is 0 Å². The molecule has 1 aliphatic rings. The van der Waals surface area contributed by atoms with Crippen LogP contribution in [0.1, 0.15) is 34.1 Å². The number of carbonyl (C=O) groups excluding carboxylic acids is 1. The minimum Gasteiger partial charge on any atom is -0.330 e. The van der Waals surface area contributed by atoms with Crippen LogP contribution < -0.4 is 5.73 Å². The van der Waals surface area contributed by atoms with Crippen molar-refractivity contribution in [3.8, 4) is 0 Å². The summed E-state index contributed by atoms with van der Waals surface area (Å²) in [4.78, 5) is 15.9. The molecule has 1 unspecified atom stereocenters. The fraction of sp³-hybridized carbons (Fsp3) is 0.923. The minimum absolute atomic E-state index is 0.00320. The predicted molar refractivity (Wildman–Crippen MR) is 70.8 cm³/mol. The Morgan fingerprint density at radius 1 is 1.47 bits per heavy atom. The predicted octanol–water partition coefficient (Wildman–Crippen LogP) is 1.75. The van der Waals surface area contributed by atoms with E-state index in [0.717, 1.165) is 19.5 Å². The van der Waals surface area contributed by atoms with Gasteiger partial charge < -0.3 is 15.5 Å². The molecule has 0 aromatic carbocycles. The van der Waals surface area contributed by atoms with E-state index in [4.69, 9.17) is 5.73 Å². The Balaban J connectivity index is 2.62. The molecular formula is C13H27N3O. The molecule has 0 aliphatic carbocycles. The van der Waals surface area contributed by atoms with Crippen LogP contribution in [0.4, 0.5) is 4.79 Å². The summed E-state index contributed by atoms with van der Waals surface area (Å²) in [5.41, 5.74) is 5.73. The van der Waals surface area contributed by atoms with Crippen LogP contribution in [0.25, 0.3) is 0 Å². The first-order valence-corrected chi connectivity index (χ1v) is 6.48. The van der Waals surface area contributed by atoms with Gasteiger partial charge in [-0.1, -0.05) is 27.7 Å². The van der Waals surface area contributed by atoms with Crippen LogP contribution in [0.2, 0.25) is 0 Å². The summed E-state index contributed by atoms with van der Waals surface area (Å²) in [6.45, 7) is 10.8. The van der Waals surface area contributed by atoms with Gasteiger partial charge >= 0.3 is 6.03 Å². The van der Waals surface area contributed by atoms with Gasteiger partial charge in [0.05, 0.1) is 6.04 Å². The quantitative estimate of drug-likeness (QED) is 0.797. The molecule has 0 bridgehead atoms. The lowest BCUT2D eigenvalue weighted by Crippen LogP contribution is -2.40. The molecule has 4 nitrogen and oxygen atoms in total. The number of amides is 2. The van der Waals surface area contributed by atoms with Crippen molar-refractivity contribution in [1.29, 1.82) is 0 Å². The van der Waals surface area contributed by atoms with E-state index in [0.29, 0.717) is 18.5 Å². The van der Waals surface area contributed by atoms with Crippen LogP contribution in [0.5, 0.6) is 0 Å². The zero-order valence-electron chi connectivity index (χ0n) is 11.9. The molecule has 100 valence electrons. The lowest BCUT2D eigenvalue weighted by atomic mass is 9.93. The van der Waals surface area contributed by atoms with Crippen molar-refractivity contribution in [3.05, 3.63) is 0 Å². The topological polar surface area (TPSA) is 49.6 Å². The average molecular weight is 241 g/mol. The molecule has 2 N–H and O–H groups in total. The fourth-order valence-corrected chi connectivity index (χ4v) is 2.32. The number of carbonyl (C=O) groups is 1. The van der Waals surface area contributed by atoms with Gasteiger partial charge in [0.2, 0.25) is 0 Å². The maximum atomic E-state index is 12.1. The van der Waals surface area contributed by atoms with Crippen molar-refractivity contribution in [2.24, 2.45) is 17.1 Å². The molecule has 0 radical (unpaired) electrons. The van der Waals surface area contributed by atoms with Gasteiger partial charge in [0, 0.05) is 20.1 Å². The number of nitrogens with two attached hydrogens (primary N) is 1. The molecule has 1 rings (SSSR count). The Hall–Kier alpha value is -0.770. The number of likely N-dealkylation sites (N-methyl/N-ethyl adjacent to an activating group) is 1. The van der Waals surface area contributed by atoms with Gasteiger partial charge in [0.1, 0.15) is 0 Å². The summed E-state index contributed by atoms with van der Waals surface area (Å²) < 4.78 is 0. The molecule has 4 heteroatoms. The highest BCUT2D eigenvalue weighted by atomic mass is 16.2. The standard InChI is InChI=1S/C13H27N3O/c1-10(2)6-11-7-16(12(17)15(11)5)9-13(3,4)8-14/h10-11H,6-9,14H2,1-5H3. The largest absolute Gasteiger partial charge is 0.330 e. The monoisotopic (exact) mass is 241 g/mol. The van der Waals surface area contributed by atoms with Gasteiger partial charge in [-0.05, 0) is 24.3 Å².